The molecule has 0 fully saturated rings. The van der Waals surface area contributed by atoms with Crippen molar-refractivity contribution in [3.05, 3.63) is 102 Å². The monoisotopic (exact) mass is 629 g/mol. The van der Waals surface area contributed by atoms with Crippen LogP contribution in [0, 0.1) is 0 Å². The summed E-state index contributed by atoms with van der Waals surface area (Å²) in [7, 11) is 0. The first kappa shape index (κ1) is 33.2. The number of aromatic hydroxyl groups is 1. The zero-order chi connectivity index (χ0) is 33.2. The molecule has 13 heteroatoms. The highest BCUT2D eigenvalue weighted by atomic mass is 16.4. The number of carboxylic acids is 2. The molecule has 4 aromatic rings. The molecule has 0 saturated heterocycles. The number of aromatic amines is 1. The molecule has 4 rings (SSSR count). The van der Waals surface area contributed by atoms with Crippen LogP contribution in [0.1, 0.15) is 23.1 Å². The zero-order valence-corrected chi connectivity index (χ0v) is 24.7. The van der Waals surface area contributed by atoms with Crippen LogP contribution in [0.15, 0.2) is 85.1 Å². The topological polar surface area (TPSA) is 224 Å². The number of para-hydroxylation sites is 1. The summed E-state index contributed by atoms with van der Waals surface area (Å²) in [6.07, 6.45) is 0.809. The third-order valence-electron chi connectivity index (χ3n) is 7.37. The number of nitrogens with one attached hydrogen (secondary N) is 4. The summed E-state index contributed by atoms with van der Waals surface area (Å²) in [4.78, 5) is 66.8. The number of aliphatic carboxylic acids is 2. The summed E-state index contributed by atoms with van der Waals surface area (Å²) in [6, 6.07) is 16.5. The van der Waals surface area contributed by atoms with Gasteiger partial charge in [0.25, 0.3) is 0 Å². The fourth-order valence-electron chi connectivity index (χ4n) is 4.97. The lowest BCUT2D eigenvalue weighted by Gasteiger charge is -2.25. The first-order chi connectivity index (χ1) is 22.0. The Bertz CT molecular complexity index is 1690. The van der Waals surface area contributed by atoms with Crippen molar-refractivity contribution in [1.82, 2.24) is 20.9 Å². The van der Waals surface area contributed by atoms with Gasteiger partial charge in [-0.3, -0.25) is 19.2 Å². The van der Waals surface area contributed by atoms with Gasteiger partial charge in [0.05, 0.1) is 12.5 Å². The lowest BCUT2D eigenvalue weighted by molar-refractivity contribution is -0.143. The molecule has 0 bridgehead atoms. The number of nitrogens with two attached hydrogens (primary N) is 1. The molecule has 0 aliphatic carbocycles. The third kappa shape index (κ3) is 9.16. The van der Waals surface area contributed by atoms with Crippen molar-refractivity contribution in [3.8, 4) is 5.75 Å². The lowest BCUT2D eigenvalue weighted by atomic mass is 10.0. The Hall–Kier alpha value is -5.69. The molecule has 0 aliphatic heterocycles. The molecular formula is C33H35N5O8. The van der Waals surface area contributed by atoms with Crippen molar-refractivity contribution in [2.24, 2.45) is 5.73 Å². The number of hydrogen-bond donors (Lipinski definition) is 8. The fourth-order valence-corrected chi connectivity index (χ4v) is 4.97. The zero-order valence-electron chi connectivity index (χ0n) is 24.7. The number of aromatic nitrogens is 1. The first-order valence-corrected chi connectivity index (χ1v) is 14.5. The number of benzene rings is 3. The van der Waals surface area contributed by atoms with Crippen LogP contribution in [0.3, 0.4) is 0 Å². The van der Waals surface area contributed by atoms with Crippen molar-refractivity contribution in [1.29, 1.82) is 0 Å². The van der Waals surface area contributed by atoms with Gasteiger partial charge in [-0.25, -0.2) is 4.79 Å². The largest absolute Gasteiger partial charge is 0.508 e. The normalized spacial score (nSPS) is 13.6. The minimum absolute atomic E-state index is 0.0410. The molecule has 4 atom stereocenters. The van der Waals surface area contributed by atoms with Gasteiger partial charge >= 0.3 is 11.9 Å². The van der Waals surface area contributed by atoms with Gasteiger partial charge in [0.1, 0.15) is 23.9 Å². The Morgan fingerprint density at radius 3 is 1.93 bits per heavy atom. The smallest absolute Gasteiger partial charge is 0.326 e. The molecule has 0 saturated carbocycles. The number of phenolic OH excluding ortho intramolecular Hbond substituents is 1. The van der Waals surface area contributed by atoms with E-state index >= 15 is 0 Å². The quantitative estimate of drug-likeness (QED) is 0.0946. The highest BCUT2D eigenvalue weighted by Crippen LogP contribution is 2.20. The van der Waals surface area contributed by atoms with Gasteiger partial charge in [0, 0.05) is 29.9 Å². The minimum Gasteiger partial charge on any atom is -0.508 e. The summed E-state index contributed by atoms with van der Waals surface area (Å²) < 4.78 is 0. The second kappa shape index (κ2) is 15.3. The Labute approximate surface area is 263 Å². The molecule has 3 aromatic carbocycles. The highest BCUT2D eigenvalue weighted by molar-refractivity contribution is 5.96. The number of carboxylic acid groups (broad SMARTS) is 2. The van der Waals surface area contributed by atoms with E-state index in [0.717, 1.165) is 10.9 Å². The van der Waals surface area contributed by atoms with Crippen LogP contribution >= 0.6 is 0 Å². The second-order valence-corrected chi connectivity index (χ2v) is 10.9. The second-order valence-electron chi connectivity index (χ2n) is 10.9. The molecule has 1 heterocycles. The molecule has 4 unspecified atom stereocenters. The lowest BCUT2D eigenvalue weighted by Crippen LogP contribution is -2.58. The maximum Gasteiger partial charge on any atom is 0.326 e. The molecule has 3 amide bonds. The van der Waals surface area contributed by atoms with E-state index in [9.17, 15) is 39.3 Å². The Morgan fingerprint density at radius 1 is 0.674 bits per heavy atom. The summed E-state index contributed by atoms with van der Waals surface area (Å²) in [5, 5.41) is 36.9. The van der Waals surface area contributed by atoms with Crippen LogP contribution in [0.5, 0.6) is 5.75 Å². The van der Waals surface area contributed by atoms with Crippen LogP contribution in [-0.4, -0.2) is 74.1 Å². The summed E-state index contributed by atoms with van der Waals surface area (Å²) in [5.41, 5.74) is 8.89. The average molecular weight is 630 g/mol. The van der Waals surface area contributed by atoms with Crippen molar-refractivity contribution >= 4 is 40.6 Å². The molecule has 13 nitrogen and oxygen atoms in total. The Morgan fingerprint density at radius 2 is 1.26 bits per heavy atom. The maximum absolute atomic E-state index is 13.7. The molecule has 0 aliphatic rings. The molecule has 1 aromatic heterocycles. The van der Waals surface area contributed by atoms with Crippen LogP contribution in [0.4, 0.5) is 0 Å². The van der Waals surface area contributed by atoms with E-state index in [2.05, 4.69) is 20.9 Å². The van der Waals surface area contributed by atoms with Gasteiger partial charge in [-0.1, -0.05) is 60.7 Å². The SMILES string of the molecule is NC(Cc1ccc(O)cc1)C(=O)NC(Cc1c[nH]c2ccccc12)C(=O)NC(CC(=O)O)C(=O)NC(Cc1ccccc1)C(=O)O. The number of rotatable bonds is 15. The standard InChI is InChI=1S/C33H35N5O8/c34-24(14-20-10-12-22(39)13-11-20)30(42)36-26(16-21-18-35-25-9-5-4-8-23(21)25)31(43)37-27(17-29(40)41)32(44)38-28(33(45)46)15-19-6-2-1-3-7-19/h1-13,18,24,26-28,35,39H,14-17,34H2,(H,36,42)(H,37,43)(H,38,44)(H,40,41)(H,45,46). The van der Waals surface area contributed by atoms with Crippen LogP contribution in [-0.2, 0) is 43.2 Å². The van der Waals surface area contributed by atoms with E-state index < -0.39 is 60.2 Å². The van der Waals surface area contributed by atoms with E-state index in [4.69, 9.17) is 5.73 Å². The Kier molecular flexibility index (Phi) is 11.1. The Balaban J connectivity index is 1.54. The van der Waals surface area contributed by atoms with Crippen molar-refractivity contribution in [3.63, 3.8) is 0 Å². The predicted molar refractivity (Wildman–Crippen MR) is 168 cm³/mol. The van der Waals surface area contributed by atoms with Gasteiger partial charge < -0.3 is 42.0 Å². The predicted octanol–water partition coefficient (Wildman–Crippen LogP) is 1.24. The van der Waals surface area contributed by atoms with Crippen molar-refractivity contribution in [2.45, 2.75) is 49.9 Å². The summed E-state index contributed by atoms with van der Waals surface area (Å²) >= 11 is 0. The van der Waals surface area contributed by atoms with Gasteiger partial charge in [0.2, 0.25) is 17.7 Å². The number of phenols is 1. The minimum atomic E-state index is -1.66. The number of amides is 3. The van der Waals surface area contributed by atoms with Gasteiger partial charge in [0.15, 0.2) is 0 Å². The molecular weight excluding hydrogens is 594 g/mol. The summed E-state index contributed by atoms with van der Waals surface area (Å²) in [6.45, 7) is 0. The summed E-state index contributed by atoms with van der Waals surface area (Å²) in [5.74, 6) is -5.27. The third-order valence-corrected chi connectivity index (χ3v) is 7.37. The van der Waals surface area contributed by atoms with Crippen LogP contribution in [0.25, 0.3) is 10.9 Å². The average Bonchev–Trinajstić information content (AvgIpc) is 3.44. The van der Waals surface area contributed by atoms with Gasteiger partial charge in [-0.2, -0.15) is 0 Å². The van der Waals surface area contributed by atoms with E-state index in [-0.39, 0.29) is 25.0 Å². The number of H-pyrrole nitrogens is 1. The highest BCUT2D eigenvalue weighted by Gasteiger charge is 2.32. The number of carbonyl (C=O) groups is 5. The molecule has 46 heavy (non-hydrogen) atoms. The van der Waals surface area contributed by atoms with Gasteiger partial charge in [-0.05, 0) is 41.3 Å². The number of carbonyl (C=O) groups excluding carboxylic acids is 3. The van der Waals surface area contributed by atoms with Gasteiger partial charge in [-0.15, -0.1) is 0 Å². The fraction of sp³-hybridized carbons (Fsp3) is 0.242. The van der Waals surface area contributed by atoms with Crippen molar-refractivity contribution in [2.75, 3.05) is 0 Å². The van der Waals surface area contributed by atoms with E-state index in [1.54, 1.807) is 48.7 Å². The van der Waals surface area contributed by atoms with Crippen molar-refractivity contribution < 1.29 is 39.3 Å². The van der Waals surface area contributed by atoms with E-state index in [0.29, 0.717) is 16.7 Å². The number of fused-ring (bicyclic) bond motifs is 1. The molecule has 240 valence electrons. The van der Waals surface area contributed by atoms with E-state index in [1.165, 1.54) is 12.1 Å². The molecule has 0 spiro atoms. The van der Waals surface area contributed by atoms with E-state index in [1.807, 2.05) is 24.3 Å². The van der Waals surface area contributed by atoms with Crippen LogP contribution < -0.4 is 21.7 Å². The first-order valence-electron chi connectivity index (χ1n) is 14.5. The number of hydrogen-bond acceptors (Lipinski definition) is 7. The maximum atomic E-state index is 13.7. The molecule has 0 radical (unpaired) electrons. The van der Waals surface area contributed by atoms with Crippen LogP contribution in [0.2, 0.25) is 0 Å². The molecule has 9 N–H and O–H groups in total.